The maximum atomic E-state index is 4.78. The summed E-state index contributed by atoms with van der Waals surface area (Å²) in [5, 5.41) is 4.83. The zero-order valence-electron chi connectivity index (χ0n) is 10.8. The van der Waals surface area contributed by atoms with Crippen molar-refractivity contribution in [3.63, 3.8) is 0 Å². The molecule has 1 atom stereocenters. The second kappa shape index (κ2) is 4.86. The molecule has 100 valence electrons. The van der Waals surface area contributed by atoms with E-state index < -0.39 is 0 Å². The van der Waals surface area contributed by atoms with Crippen LogP contribution in [0.2, 0.25) is 0 Å². The molecule has 0 amide bonds. The zero-order chi connectivity index (χ0) is 13.5. The standard InChI is InChI=1S/C16H13BrN2S/c17-11-5-3-4-10-8-9-13(18-15(10)11)16-19-12-6-1-2-7-14(12)20-16/h1-7,13,18H,8-9H2. The van der Waals surface area contributed by atoms with Gasteiger partial charge in [0.25, 0.3) is 0 Å². The Balaban J connectivity index is 1.72. The molecular weight excluding hydrogens is 332 g/mol. The average Bonchev–Trinajstić information content (AvgIpc) is 2.91. The van der Waals surface area contributed by atoms with Crippen molar-refractivity contribution in [2.75, 3.05) is 5.32 Å². The number of para-hydroxylation sites is 2. The van der Waals surface area contributed by atoms with E-state index in [0.717, 1.165) is 22.8 Å². The highest BCUT2D eigenvalue weighted by molar-refractivity contribution is 9.10. The molecule has 4 rings (SSSR count). The summed E-state index contributed by atoms with van der Waals surface area (Å²) < 4.78 is 2.41. The predicted molar refractivity (Wildman–Crippen MR) is 88.4 cm³/mol. The van der Waals surface area contributed by atoms with Crippen molar-refractivity contribution < 1.29 is 0 Å². The van der Waals surface area contributed by atoms with Gasteiger partial charge in [-0.05, 0) is 52.5 Å². The van der Waals surface area contributed by atoms with Crippen LogP contribution in [0.1, 0.15) is 23.0 Å². The number of aryl methyl sites for hydroxylation is 1. The van der Waals surface area contributed by atoms with Crippen molar-refractivity contribution in [1.82, 2.24) is 4.98 Å². The lowest BCUT2D eigenvalue weighted by Crippen LogP contribution is -2.18. The van der Waals surface area contributed by atoms with E-state index in [-0.39, 0.29) is 0 Å². The van der Waals surface area contributed by atoms with Crippen LogP contribution in [-0.4, -0.2) is 4.98 Å². The van der Waals surface area contributed by atoms with Crippen LogP contribution < -0.4 is 5.32 Å². The molecule has 1 N–H and O–H groups in total. The molecule has 3 aromatic rings. The normalized spacial score (nSPS) is 17.8. The molecule has 2 heterocycles. The Kier molecular flexibility index (Phi) is 3.00. The molecule has 0 radical (unpaired) electrons. The lowest BCUT2D eigenvalue weighted by molar-refractivity contribution is 0.664. The van der Waals surface area contributed by atoms with Crippen molar-refractivity contribution in [3.8, 4) is 0 Å². The second-order valence-corrected chi connectivity index (χ2v) is 6.95. The Bertz CT molecular complexity index is 748. The number of nitrogens with zero attached hydrogens (tertiary/aromatic N) is 1. The number of fused-ring (bicyclic) bond motifs is 2. The number of hydrogen-bond donors (Lipinski definition) is 1. The number of rotatable bonds is 1. The zero-order valence-corrected chi connectivity index (χ0v) is 13.2. The van der Waals surface area contributed by atoms with Gasteiger partial charge in [-0.15, -0.1) is 11.3 Å². The average molecular weight is 345 g/mol. The first-order valence-electron chi connectivity index (χ1n) is 6.70. The number of nitrogens with one attached hydrogen (secondary N) is 1. The molecule has 0 spiro atoms. The van der Waals surface area contributed by atoms with Gasteiger partial charge in [-0.25, -0.2) is 4.98 Å². The molecule has 0 fully saturated rings. The molecule has 1 aliphatic heterocycles. The summed E-state index contributed by atoms with van der Waals surface area (Å²) in [6.45, 7) is 0. The van der Waals surface area contributed by atoms with Gasteiger partial charge >= 0.3 is 0 Å². The quantitative estimate of drug-likeness (QED) is 0.659. The molecule has 2 aromatic carbocycles. The molecular formula is C16H13BrN2S. The molecule has 0 saturated heterocycles. The van der Waals surface area contributed by atoms with Gasteiger partial charge in [0.1, 0.15) is 5.01 Å². The van der Waals surface area contributed by atoms with Gasteiger partial charge in [0.15, 0.2) is 0 Å². The van der Waals surface area contributed by atoms with Crippen LogP contribution in [0.4, 0.5) is 5.69 Å². The summed E-state index contributed by atoms with van der Waals surface area (Å²) in [6, 6.07) is 15.1. The Morgan fingerprint density at radius 1 is 1.15 bits per heavy atom. The fraction of sp³-hybridized carbons (Fsp3) is 0.188. The summed E-state index contributed by atoms with van der Waals surface area (Å²) in [5.74, 6) is 0. The first-order chi connectivity index (χ1) is 9.81. The van der Waals surface area contributed by atoms with Crippen LogP contribution in [-0.2, 0) is 6.42 Å². The lowest BCUT2D eigenvalue weighted by Gasteiger charge is -2.26. The molecule has 2 nitrogen and oxygen atoms in total. The van der Waals surface area contributed by atoms with E-state index in [9.17, 15) is 0 Å². The van der Waals surface area contributed by atoms with Crippen LogP contribution in [0.15, 0.2) is 46.9 Å². The first-order valence-corrected chi connectivity index (χ1v) is 8.31. The molecule has 0 aliphatic carbocycles. The van der Waals surface area contributed by atoms with Crippen LogP contribution in [0.5, 0.6) is 0 Å². The van der Waals surface area contributed by atoms with Crippen molar-refractivity contribution in [1.29, 1.82) is 0 Å². The summed E-state index contributed by atoms with van der Waals surface area (Å²) in [5.41, 5.74) is 3.71. The molecule has 0 saturated carbocycles. The van der Waals surface area contributed by atoms with Crippen LogP contribution >= 0.6 is 27.3 Å². The van der Waals surface area contributed by atoms with Crippen molar-refractivity contribution >= 4 is 43.2 Å². The topological polar surface area (TPSA) is 24.9 Å². The van der Waals surface area contributed by atoms with Crippen LogP contribution in [0, 0.1) is 0 Å². The van der Waals surface area contributed by atoms with Crippen molar-refractivity contribution in [2.24, 2.45) is 0 Å². The monoisotopic (exact) mass is 344 g/mol. The molecule has 20 heavy (non-hydrogen) atoms. The van der Waals surface area contributed by atoms with Gasteiger partial charge in [-0.3, -0.25) is 0 Å². The molecule has 1 aliphatic rings. The maximum absolute atomic E-state index is 4.78. The lowest BCUT2D eigenvalue weighted by atomic mass is 9.98. The molecule has 1 unspecified atom stereocenters. The van der Waals surface area contributed by atoms with Gasteiger partial charge in [-0.1, -0.05) is 24.3 Å². The number of benzene rings is 2. The highest BCUT2D eigenvalue weighted by Crippen LogP contribution is 2.39. The highest BCUT2D eigenvalue weighted by Gasteiger charge is 2.23. The Labute approximate surface area is 130 Å². The van der Waals surface area contributed by atoms with E-state index in [1.165, 1.54) is 21.0 Å². The number of hydrogen-bond acceptors (Lipinski definition) is 3. The number of aromatic nitrogens is 1. The van der Waals surface area contributed by atoms with E-state index in [1.54, 1.807) is 11.3 Å². The van der Waals surface area contributed by atoms with E-state index >= 15 is 0 Å². The van der Waals surface area contributed by atoms with Crippen LogP contribution in [0.25, 0.3) is 10.2 Å². The maximum Gasteiger partial charge on any atom is 0.116 e. The number of halogens is 1. The summed E-state index contributed by atoms with van der Waals surface area (Å²) >= 11 is 5.43. The van der Waals surface area contributed by atoms with Gasteiger partial charge < -0.3 is 5.32 Å². The Morgan fingerprint density at radius 3 is 2.95 bits per heavy atom. The fourth-order valence-corrected chi connectivity index (χ4v) is 4.28. The Morgan fingerprint density at radius 2 is 2.05 bits per heavy atom. The third-order valence-corrected chi connectivity index (χ3v) is 5.54. The van der Waals surface area contributed by atoms with E-state index in [0.29, 0.717) is 6.04 Å². The minimum atomic E-state index is 0.318. The van der Waals surface area contributed by atoms with Gasteiger partial charge in [0.05, 0.1) is 21.9 Å². The third-order valence-electron chi connectivity index (χ3n) is 3.73. The SMILES string of the molecule is Brc1cccc2c1NC(c1nc3ccccc3s1)CC2. The van der Waals surface area contributed by atoms with E-state index in [4.69, 9.17) is 4.98 Å². The minimum absolute atomic E-state index is 0.318. The van der Waals surface area contributed by atoms with E-state index in [1.807, 2.05) is 6.07 Å². The van der Waals surface area contributed by atoms with Gasteiger partial charge in [-0.2, -0.15) is 0 Å². The smallest absolute Gasteiger partial charge is 0.116 e. The van der Waals surface area contributed by atoms with Crippen molar-refractivity contribution in [3.05, 3.63) is 57.5 Å². The summed E-state index contributed by atoms with van der Waals surface area (Å²) in [4.78, 5) is 4.78. The molecule has 0 bridgehead atoms. The van der Waals surface area contributed by atoms with Crippen molar-refractivity contribution in [2.45, 2.75) is 18.9 Å². The Hall–Kier alpha value is -1.39. The fourth-order valence-electron chi connectivity index (χ4n) is 2.71. The number of anilines is 1. The molecule has 1 aromatic heterocycles. The summed E-state index contributed by atoms with van der Waals surface area (Å²) in [6.07, 6.45) is 2.20. The highest BCUT2D eigenvalue weighted by atomic mass is 79.9. The van der Waals surface area contributed by atoms with Crippen LogP contribution in [0.3, 0.4) is 0 Å². The first kappa shape index (κ1) is 12.4. The number of thiazole rings is 1. The summed E-state index contributed by atoms with van der Waals surface area (Å²) in [7, 11) is 0. The molecule has 4 heteroatoms. The van der Waals surface area contributed by atoms with Gasteiger partial charge in [0, 0.05) is 4.47 Å². The largest absolute Gasteiger partial charge is 0.375 e. The second-order valence-electron chi connectivity index (χ2n) is 5.03. The van der Waals surface area contributed by atoms with Gasteiger partial charge in [0.2, 0.25) is 0 Å². The van der Waals surface area contributed by atoms with E-state index in [2.05, 4.69) is 57.6 Å². The predicted octanol–water partition coefficient (Wildman–Crippen LogP) is 5.16. The minimum Gasteiger partial charge on any atom is -0.375 e. The third kappa shape index (κ3) is 2.03.